The lowest BCUT2D eigenvalue weighted by atomic mass is 10.3. The maximum absolute atomic E-state index is 12.4. The summed E-state index contributed by atoms with van der Waals surface area (Å²) in [6.07, 6.45) is 0.571. The van der Waals surface area contributed by atoms with Crippen molar-refractivity contribution < 1.29 is 22.4 Å². The number of carbonyl (C=O) groups excluding carboxylic acids is 1. The van der Waals surface area contributed by atoms with E-state index in [-0.39, 0.29) is 17.2 Å². The number of ether oxygens (including phenoxy) is 1. The van der Waals surface area contributed by atoms with Crippen LogP contribution in [0, 0.1) is 0 Å². The molecule has 0 radical (unpaired) electrons. The van der Waals surface area contributed by atoms with Gasteiger partial charge in [-0.15, -0.1) is 0 Å². The molecule has 6 nitrogen and oxygen atoms in total. The van der Waals surface area contributed by atoms with Crippen LogP contribution >= 0.6 is 0 Å². The summed E-state index contributed by atoms with van der Waals surface area (Å²) < 4.78 is 36.1. The molecule has 0 unspecified atom stereocenters. The summed E-state index contributed by atoms with van der Waals surface area (Å²) in [5.41, 5.74) is 0. The van der Waals surface area contributed by atoms with E-state index in [9.17, 15) is 13.2 Å². The summed E-state index contributed by atoms with van der Waals surface area (Å²) in [5.74, 6) is 1.15. The van der Waals surface area contributed by atoms with Crippen molar-refractivity contribution in [3.05, 3.63) is 47.9 Å². The number of sulfonamides is 1. The van der Waals surface area contributed by atoms with Gasteiger partial charge in [-0.25, -0.2) is 8.42 Å². The Kier molecular flexibility index (Phi) is 4.44. The molecule has 0 fully saturated rings. The van der Waals surface area contributed by atoms with Crippen LogP contribution in [0.3, 0.4) is 0 Å². The van der Waals surface area contributed by atoms with E-state index in [1.54, 1.807) is 18.2 Å². The standard InChI is InChI=1S/C14H15NO5S/c1-15(9-12-3-4-13(10-16)20-12)21(17,18)14-7-5-11(19-2)6-8-14/h3-8,10H,9H2,1-2H3. The number of furan rings is 1. The van der Waals surface area contributed by atoms with Crippen LogP contribution in [0.1, 0.15) is 16.3 Å². The third-order valence-corrected chi connectivity index (χ3v) is 4.76. The van der Waals surface area contributed by atoms with E-state index in [0.29, 0.717) is 17.8 Å². The molecule has 0 aliphatic rings. The van der Waals surface area contributed by atoms with Gasteiger partial charge in [-0.1, -0.05) is 0 Å². The molecule has 0 saturated heterocycles. The van der Waals surface area contributed by atoms with E-state index >= 15 is 0 Å². The van der Waals surface area contributed by atoms with E-state index in [1.165, 1.54) is 32.4 Å². The fourth-order valence-corrected chi connectivity index (χ4v) is 2.91. The first-order valence-corrected chi connectivity index (χ1v) is 7.55. The highest BCUT2D eigenvalue weighted by Crippen LogP contribution is 2.20. The average Bonchev–Trinajstić information content (AvgIpc) is 2.95. The molecular formula is C14H15NO5S. The largest absolute Gasteiger partial charge is 0.497 e. The van der Waals surface area contributed by atoms with Gasteiger partial charge in [0.05, 0.1) is 18.6 Å². The molecule has 21 heavy (non-hydrogen) atoms. The zero-order chi connectivity index (χ0) is 15.5. The number of hydrogen-bond donors (Lipinski definition) is 0. The predicted molar refractivity (Wildman–Crippen MR) is 75.7 cm³/mol. The fourth-order valence-electron chi connectivity index (χ4n) is 1.77. The normalized spacial score (nSPS) is 11.6. The van der Waals surface area contributed by atoms with Gasteiger partial charge in [0.2, 0.25) is 10.0 Å². The number of methoxy groups -OCH3 is 1. The van der Waals surface area contributed by atoms with Crippen LogP contribution in [0.15, 0.2) is 45.7 Å². The lowest BCUT2D eigenvalue weighted by Gasteiger charge is -2.16. The van der Waals surface area contributed by atoms with Crippen molar-refractivity contribution >= 4 is 16.3 Å². The van der Waals surface area contributed by atoms with Crippen molar-refractivity contribution in [1.82, 2.24) is 4.31 Å². The molecule has 112 valence electrons. The second-order valence-electron chi connectivity index (χ2n) is 4.36. The third-order valence-electron chi connectivity index (χ3n) is 2.94. The molecule has 7 heteroatoms. The van der Waals surface area contributed by atoms with Crippen molar-refractivity contribution in [2.75, 3.05) is 14.2 Å². The molecule has 0 amide bonds. The highest BCUT2D eigenvalue weighted by atomic mass is 32.2. The Hall–Kier alpha value is -2.12. The van der Waals surface area contributed by atoms with Crippen molar-refractivity contribution in [2.24, 2.45) is 0 Å². The summed E-state index contributed by atoms with van der Waals surface area (Å²) in [5, 5.41) is 0. The maximum Gasteiger partial charge on any atom is 0.243 e. The number of hydrogen-bond acceptors (Lipinski definition) is 5. The summed E-state index contributed by atoms with van der Waals surface area (Å²) in [4.78, 5) is 10.7. The highest BCUT2D eigenvalue weighted by molar-refractivity contribution is 7.89. The zero-order valence-electron chi connectivity index (χ0n) is 11.6. The fraction of sp³-hybridized carbons (Fsp3) is 0.214. The SMILES string of the molecule is COc1ccc(S(=O)(=O)N(C)Cc2ccc(C=O)o2)cc1. The van der Waals surface area contributed by atoms with Crippen LogP contribution in [-0.2, 0) is 16.6 Å². The summed E-state index contributed by atoms with van der Waals surface area (Å²) in [7, 11) is -0.672. The van der Waals surface area contributed by atoms with Gasteiger partial charge in [0.15, 0.2) is 12.0 Å². The minimum absolute atomic E-state index is 0.0439. The quantitative estimate of drug-likeness (QED) is 0.762. The molecule has 0 bridgehead atoms. The smallest absolute Gasteiger partial charge is 0.243 e. The lowest BCUT2D eigenvalue weighted by Crippen LogP contribution is -2.26. The highest BCUT2D eigenvalue weighted by Gasteiger charge is 2.22. The Bertz CT molecular complexity index is 718. The number of nitrogens with zero attached hydrogens (tertiary/aromatic N) is 1. The van der Waals surface area contributed by atoms with Gasteiger partial charge in [-0.2, -0.15) is 4.31 Å². The van der Waals surface area contributed by atoms with Crippen molar-refractivity contribution in [2.45, 2.75) is 11.4 Å². The molecule has 0 aliphatic carbocycles. The van der Waals surface area contributed by atoms with Crippen molar-refractivity contribution in [3.8, 4) is 5.75 Å². The second-order valence-corrected chi connectivity index (χ2v) is 6.40. The maximum atomic E-state index is 12.4. The van der Waals surface area contributed by atoms with Gasteiger partial charge >= 0.3 is 0 Å². The molecule has 2 rings (SSSR count). The molecule has 1 aromatic carbocycles. The predicted octanol–water partition coefficient (Wildman–Crippen LogP) is 1.92. The summed E-state index contributed by atoms with van der Waals surface area (Å²) in [6, 6.07) is 9.18. The van der Waals surface area contributed by atoms with Gasteiger partial charge in [-0.3, -0.25) is 4.79 Å². The van der Waals surface area contributed by atoms with Crippen molar-refractivity contribution in [3.63, 3.8) is 0 Å². The van der Waals surface area contributed by atoms with Crippen LogP contribution < -0.4 is 4.74 Å². The van der Waals surface area contributed by atoms with Gasteiger partial charge in [0.25, 0.3) is 0 Å². The summed E-state index contributed by atoms with van der Waals surface area (Å²) in [6.45, 7) is 0.0439. The Balaban J connectivity index is 2.19. The minimum Gasteiger partial charge on any atom is -0.497 e. The Morgan fingerprint density at radius 2 is 1.86 bits per heavy atom. The van der Waals surface area contributed by atoms with Crippen LogP contribution in [0.5, 0.6) is 5.75 Å². The van der Waals surface area contributed by atoms with Gasteiger partial charge < -0.3 is 9.15 Å². The van der Waals surface area contributed by atoms with Crippen LogP contribution in [0.2, 0.25) is 0 Å². The molecule has 1 heterocycles. The van der Waals surface area contributed by atoms with Crippen LogP contribution in [-0.4, -0.2) is 33.2 Å². The third kappa shape index (κ3) is 3.32. The number of rotatable bonds is 6. The van der Waals surface area contributed by atoms with Gasteiger partial charge in [0.1, 0.15) is 11.5 Å². The van der Waals surface area contributed by atoms with E-state index < -0.39 is 10.0 Å². The van der Waals surface area contributed by atoms with Gasteiger partial charge in [0, 0.05) is 7.05 Å². The van der Waals surface area contributed by atoms with Gasteiger partial charge in [-0.05, 0) is 36.4 Å². The topological polar surface area (TPSA) is 76.8 Å². The second kappa shape index (κ2) is 6.11. The molecule has 0 N–H and O–H groups in total. The number of aldehydes is 1. The first-order valence-electron chi connectivity index (χ1n) is 6.11. The first kappa shape index (κ1) is 15.3. The Labute approximate surface area is 123 Å². The molecule has 0 spiro atoms. The number of benzene rings is 1. The minimum atomic E-state index is -3.63. The summed E-state index contributed by atoms with van der Waals surface area (Å²) >= 11 is 0. The lowest BCUT2D eigenvalue weighted by molar-refractivity contribution is 0.109. The van der Waals surface area contributed by atoms with Crippen LogP contribution in [0.4, 0.5) is 0 Å². The molecular weight excluding hydrogens is 294 g/mol. The zero-order valence-corrected chi connectivity index (χ0v) is 12.5. The van der Waals surface area contributed by atoms with E-state index in [2.05, 4.69) is 0 Å². The van der Waals surface area contributed by atoms with E-state index in [1.807, 2.05) is 0 Å². The average molecular weight is 309 g/mol. The monoisotopic (exact) mass is 309 g/mol. The molecule has 0 atom stereocenters. The Morgan fingerprint density at radius 1 is 1.19 bits per heavy atom. The van der Waals surface area contributed by atoms with E-state index in [0.717, 1.165) is 4.31 Å². The Morgan fingerprint density at radius 3 is 2.38 bits per heavy atom. The molecule has 0 saturated carbocycles. The first-order chi connectivity index (χ1) is 9.97. The molecule has 0 aliphatic heterocycles. The van der Waals surface area contributed by atoms with Crippen molar-refractivity contribution in [1.29, 1.82) is 0 Å². The van der Waals surface area contributed by atoms with E-state index in [4.69, 9.17) is 9.15 Å². The van der Waals surface area contributed by atoms with Crippen LogP contribution in [0.25, 0.3) is 0 Å². The molecule has 1 aromatic heterocycles. The number of carbonyl (C=O) groups is 1. The molecule has 2 aromatic rings.